The van der Waals surface area contributed by atoms with E-state index in [1.807, 2.05) is 6.08 Å². The Bertz CT molecular complexity index is 200. The molecule has 0 aromatic rings. The summed E-state index contributed by atoms with van der Waals surface area (Å²) < 4.78 is 5.91. The van der Waals surface area contributed by atoms with Crippen molar-refractivity contribution in [3.63, 3.8) is 0 Å². The van der Waals surface area contributed by atoms with Gasteiger partial charge in [-0.15, -0.1) is 6.58 Å². The van der Waals surface area contributed by atoms with E-state index in [1.165, 1.54) is 51.4 Å². The molecule has 0 fully saturated rings. The first-order valence-corrected chi connectivity index (χ1v) is 7.92. The number of unbranched alkanes of at least 4 members (excludes halogenated alkanes) is 5. The van der Waals surface area contributed by atoms with Crippen LogP contribution in [0.4, 0.5) is 0 Å². The lowest BCUT2D eigenvalue weighted by Crippen LogP contribution is -2.35. The minimum Gasteiger partial charge on any atom is -0.371 e. The van der Waals surface area contributed by atoms with E-state index >= 15 is 0 Å². The third kappa shape index (κ3) is 6.58. The minimum atomic E-state index is -0.132. The maximum atomic E-state index is 5.91. The van der Waals surface area contributed by atoms with Crippen molar-refractivity contribution in [3.05, 3.63) is 12.7 Å². The number of ether oxygens (including phenoxy) is 1. The largest absolute Gasteiger partial charge is 0.371 e. The van der Waals surface area contributed by atoms with Crippen LogP contribution in [-0.4, -0.2) is 12.2 Å². The molecule has 0 saturated heterocycles. The van der Waals surface area contributed by atoms with Crippen LogP contribution in [0.25, 0.3) is 0 Å². The molecule has 1 nitrogen and oxygen atoms in total. The zero-order valence-electron chi connectivity index (χ0n) is 13.1. The van der Waals surface area contributed by atoms with Crippen LogP contribution in [0.5, 0.6) is 0 Å². The molecule has 0 spiro atoms. The van der Waals surface area contributed by atoms with Gasteiger partial charge in [-0.25, -0.2) is 0 Å². The van der Waals surface area contributed by atoms with E-state index in [0.717, 1.165) is 6.61 Å². The van der Waals surface area contributed by atoms with E-state index in [-0.39, 0.29) is 5.60 Å². The molecular weight excluding hydrogens is 220 g/mol. The molecule has 0 saturated carbocycles. The van der Waals surface area contributed by atoms with Gasteiger partial charge in [-0.2, -0.15) is 0 Å². The van der Waals surface area contributed by atoms with Gasteiger partial charge in [0.1, 0.15) is 0 Å². The molecular formula is C17H34O. The van der Waals surface area contributed by atoms with E-state index in [9.17, 15) is 0 Å². The Kier molecular flexibility index (Phi) is 10.4. The molecule has 0 aliphatic rings. The van der Waals surface area contributed by atoms with Gasteiger partial charge < -0.3 is 4.74 Å². The van der Waals surface area contributed by atoms with Crippen LogP contribution in [0.1, 0.15) is 79.1 Å². The molecule has 0 aliphatic carbocycles. The number of rotatable bonds is 12. The Morgan fingerprint density at radius 2 is 1.67 bits per heavy atom. The highest BCUT2D eigenvalue weighted by Crippen LogP contribution is 2.30. The van der Waals surface area contributed by atoms with E-state index in [0.29, 0.717) is 5.92 Å². The van der Waals surface area contributed by atoms with Gasteiger partial charge >= 0.3 is 0 Å². The summed E-state index contributed by atoms with van der Waals surface area (Å²) in [5, 5.41) is 0. The molecule has 0 bridgehead atoms. The highest BCUT2D eigenvalue weighted by molar-refractivity contribution is 4.98. The van der Waals surface area contributed by atoms with Crippen molar-refractivity contribution >= 4 is 0 Å². The zero-order valence-corrected chi connectivity index (χ0v) is 13.1. The Labute approximate surface area is 115 Å². The monoisotopic (exact) mass is 254 g/mol. The fraction of sp³-hybridized carbons (Fsp3) is 0.882. The zero-order chi connectivity index (χ0) is 13.9. The molecule has 2 unspecified atom stereocenters. The average molecular weight is 254 g/mol. The van der Waals surface area contributed by atoms with Gasteiger partial charge in [0, 0.05) is 6.61 Å². The standard InChI is InChI=1S/C17H34O/c1-6-10-11-12-13-14-15-16(7-2)17(5,8-3)18-9-4/h8,16H,3,6-7,9-15H2,1-2,4-5H3. The van der Waals surface area contributed by atoms with Gasteiger partial charge in [0.25, 0.3) is 0 Å². The van der Waals surface area contributed by atoms with Crippen molar-refractivity contribution in [1.29, 1.82) is 0 Å². The Hall–Kier alpha value is -0.300. The van der Waals surface area contributed by atoms with Gasteiger partial charge in [0.05, 0.1) is 5.60 Å². The maximum absolute atomic E-state index is 5.91. The van der Waals surface area contributed by atoms with Crippen LogP contribution in [0, 0.1) is 5.92 Å². The van der Waals surface area contributed by atoms with E-state index in [4.69, 9.17) is 4.74 Å². The average Bonchev–Trinajstić information content (AvgIpc) is 2.38. The molecule has 0 amide bonds. The van der Waals surface area contributed by atoms with Crippen LogP contribution >= 0.6 is 0 Å². The summed E-state index contributed by atoms with van der Waals surface area (Å²) >= 11 is 0. The van der Waals surface area contributed by atoms with Crippen molar-refractivity contribution in [2.45, 2.75) is 84.7 Å². The molecule has 1 heteroatoms. The predicted molar refractivity (Wildman–Crippen MR) is 82.0 cm³/mol. The number of hydrogen-bond acceptors (Lipinski definition) is 1. The normalized spacial score (nSPS) is 16.2. The van der Waals surface area contributed by atoms with E-state index in [2.05, 4.69) is 34.3 Å². The van der Waals surface area contributed by atoms with E-state index in [1.54, 1.807) is 0 Å². The molecule has 0 radical (unpaired) electrons. The first kappa shape index (κ1) is 17.7. The summed E-state index contributed by atoms with van der Waals surface area (Å²) in [5.41, 5.74) is -0.132. The van der Waals surface area contributed by atoms with Gasteiger partial charge in [0.2, 0.25) is 0 Å². The SMILES string of the molecule is C=CC(C)(OCC)C(CC)CCCCCCCC. The Morgan fingerprint density at radius 3 is 2.17 bits per heavy atom. The number of hydrogen-bond donors (Lipinski definition) is 0. The maximum Gasteiger partial charge on any atom is 0.0859 e. The molecule has 0 aromatic heterocycles. The summed E-state index contributed by atoms with van der Waals surface area (Å²) in [4.78, 5) is 0. The Balaban J connectivity index is 3.97. The first-order chi connectivity index (χ1) is 8.64. The molecule has 0 rings (SSSR count). The topological polar surface area (TPSA) is 9.23 Å². The predicted octanol–water partition coefficient (Wildman–Crippen LogP) is 5.74. The molecule has 0 aliphatic heterocycles. The minimum absolute atomic E-state index is 0.132. The molecule has 0 N–H and O–H groups in total. The lowest BCUT2D eigenvalue weighted by molar-refractivity contribution is -0.0352. The van der Waals surface area contributed by atoms with Crippen LogP contribution < -0.4 is 0 Å². The van der Waals surface area contributed by atoms with Crippen molar-refractivity contribution in [3.8, 4) is 0 Å². The van der Waals surface area contributed by atoms with Crippen molar-refractivity contribution in [2.24, 2.45) is 5.92 Å². The third-order valence-electron chi connectivity index (χ3n) is 4.07. The van der Waals surface area contributed by atoms with Crippen molar-refractivity contribution in [1.82, 2.24) is 0 Å². The highest BCUT2D eigenvalue weighted by Gasteiger charge is 2.29. The highest BCUT2D eigenvalue weighted by atomic mass is 16.5. The second-order valence-corrected chi connectivity index (χ2v) is 5.48. The molecule has 0 heterocycles. The second kappa shape index (κ2) is 10.6. The molecule has 18 heavy (non-hydrogen) atoms. The lowest BCUT2D eigenvalue weighted by Gasteiger charge is -2.34. The quantitative estimate of drug-likeness (QED) is 0.318. The summed E-state index contributed by atoms with van der Waals surface area (Å²) in [6.45, 7) is 13.5. The van der Waals surface area contributed by atoms with Gasteiger partial charge in [-0.3, -0.25) is 0 Å². The Morgan fingerprint density at radius 1 is 1.06 bits per heavy atom. The fourth-order valence-corrected chi connectivity index (χ4v) is 2.72. The van der Waals surface area contributed by atoms with Crippen molar-refractivity contribution < 1.29 is 4.74 Å². The molecule has 2 atom stereocenters. The van der Waals surface area contributed by atoms with Crippen LogP contribution in [-0.2, 0) is 4.74 Å². The summed E-state index contributed by atoms with van der Waals surface area (Å²) in [6, 6.07) is 0. The van der Waals surface area contributed by atoms with Crippen LogP contribution in [0.2, 0.25) is 0 Å². The molecule has 108 valence electrons. The second-order valence-electron chi connectivity index (χ2n) is 5.48. The third-order valence-corrected chi connectivity index (χ3v) is 4.07. The first-order valence-electron chi connectivity index (χ1n) is 7.92. The van der Waals surface area contributed by atoms with Gasteiger partial charge in [-0.05, 0) is 26.2 Å². The summed E-state index contributed by atoms with van der Waals surface area (Å²) in [7, 11) is 0. The fourth-order valence-electron chi connectivity index (χ4n) is 2.72. The van der Waals surface area contributed by atoms with Crippen molar-refractivity contribution in [2.75, 3.05) is 6.61 Å². The van der Waals surface area contributed by atoms with Gasteiger partial charge in [-0.1, -0.05) is 64.9 Å². The smallest absolute Gasteiger partial charge is 0.0859 e. The lowest BCUT2D eigenvalue weighted by atomic mass is 9.82. The molecule has 0 aromatic carbocycles. The van der Waals surface area contributed by atoms with Gasteiger partial charge in [0.15, 0.2) is 0 Å². The van der Waals surface area contributed by atoms with E-state index < -0.39 is 0 Å². The summed E-state index contributed by atoms with van der Waals surface area (Å²) in [6.07, 6.45) is 12.7. The van der Waals surface area contributed by atoms with Crippen LogP contribution in [0.15, 0.2) is 12.7 Å². The summed E-state index contributed by atoms with van der Waals surface area (Å²) in [5.74, 6) is 0.612. The van der Waals surface area contributed by atoms with Crippen LogP contribution in [0.3, 0.4) is 0 Å².